The van der Waals surface area contributed by atoms with E-state index in [0.717, 1.165) is 11.3 Å². The van der Waals surface area contributed by atoms with E-state index in [2.05, 4.69) is 15.6 Å². The lowest BCUT2D eigenvalue weighted by molar-refractivity contribution is -0.384. The summed E-state index contributed by atoms with van der Waals surface area (Å²) >= 11 is 0. The van der Waals surface area contributed by atoms with Crippen LogP contribution in [0.5, 0.6) is 0 Å². The molecule has 0 aliphatic carbocycles. The molecule has 1 unspecified atom stereocenters. The summed E-state index contributed by atoms with van der Waals surface area (Å²) in [5.74, 6) is 1.75. The minimum Gasteiger partial charge on any atom is -0.463 e. The quantitative estimate of drug-likeness (QED) is 0.182. The third-order valence-corrected chi connectivity index (χ3v) is 3.78. The fourth-order valence-electron chi connectivity index (χ4n) is 2.30. The summed E-state index contributed by atoms with van der Waals surface area (Å²) in [6.07, 6.45) is 0. The van der Waals surface area contributed by atoms with E-state index < -0.39 is 10.5 Å². The van der Waals surface area contributed by atoms with Gasteiger partial charge in [0.15, 0.2) is 5.96 Å². The molecule has 0 saturated carbocycles. The number of aryl methyl sites for hydroxylation is 1. The molecule has 1 atom stereocenters. The van der Waals surface area contributed by atoms with Gasteiger partial charge in [-0.2, -0.15) is 0 Å². The van der Waals surface area contributed by atoms with Gasteiger partial charge >= 0.3 is 0 Å². The van der Waals surface area contributed by atoms with Crippen molar-refractivity contribution in [1.82, 2.24) is 10.6 Å². The van der Waals surface area contributed by atoms with Gasteiger partial charge in [-0.05, 0) is 38.5 Å². The largest absolute Gasteiger partial charge is 0.463 e. The maximum absolute atomic E-state index is 10.7. The van der Waals surface area contributed by atoms with Gasteiger partial charge in [-0.1, -0.05) is 12.1 Å². The Morgan fingerprint density at radius 3 is 2.44 bits per heavy atom. The predicted octanol–water partition coefficient (Wildman–Crippen LogP) is 3.08. The number of nitro groups is 1. The Balaban J connectivity index is 0.00000364. The molecule has 1 heterocycles. The summed E-state index contributed by atoms with van der Waals surface area (Å²) in [5, 5.41) is 27.5. The number of furan rings is 1. The second-order valence-electron chi connectivity index (χ2n) is 6.16. The molecule has 0 radical (unpaired) electrons. The molecule has 2 rings (SSSR count). The van der Waals surface area contributed by atoms with E-state index in [0.29, 0.717) is 24.8 Å². The summed E-state index contributed by atoms with van der Waals surface area (Å²) in [6, 6.07) is 9.81. The van der Waals surface area contributed by atoms with Crippen molar-refractivity contribution in [2.75, 3.05) is 13.1 Å². The number of halogens is 1. The number of nitrogens with one attached hydrogen (secondary N) is 2. The summed E-state index contributed by atoms with van der Waals surface area (Å²) in [6.45, 7) is 6.66. The number of nitro benzene ring substituents is 1. The highest BCUT2D eigenvalue weighted by Crippen LogP contribution is 2.21. The van der Waals surface area contributed by atoms with Crippen molar-refractivity contribution in [2.45, 2.75) is 32.9 Å². The molecule has 27 heavy (non-hydrogen) atoms. The van der Waals surface area contributed by atoms with Crippen LogP contribution < -0.4 is 10.6 Å². The predicted molar refractivity (Wildman–Crippen MR) is 114 cm³/mol. The van der Waals surface area contributed by atoms with E-state index in [1.54, 1.807) is 31.2 Å². The van der Waals surface area contributed by atoms with E-state index in [9.17, 15) is 15.2 Å². The fourth-order valence-corrected chi connectivity index (χ4v) is 2.30. The van der Waals surface area contributed by atoms with E-state index >= 15 is 0 Å². The molecule has 148 valence electrons. The highest BCUT2D eigenvalue weighted by Gasteiger charge is 2.27. The number of non-ortho nitro benzene ring substituents is 1. The molecular weight excluding hydrogens is 463 g/mol. The number of aliphatic hydroxyl groups is 1. The average molecular weight is 488 g/mol. The van der Waals surface area contributed by atoms with E-state index in [1.807, 2.05) is 13.8 Å². The minimum absolute atomic E-state index is 0. The van der Waals surface area contributed by atoms with Crippen LogP contribution in [0, 0.1) is 17.0 Å². The molecule has 3 N–H and O–H groups in total. The van der Waals surface area contributed by atoms with Crippen molar-refractivity contribution in [2.24, 2.45) is 4.99 Å². The van der Waals surface area contributed by atoms with Crippen molar-refractivity contribution in [3.63, 3.8) is 0 Å². The molecule has 0 fully saturated rings. The smallest absolute Gasteiger partial charge is 0.269 e. The Labute approximate surface area is 175 Å². The first-order valence-corrected chi connectivity index (χ1v) is 8.36. The number of nitrogens with zero attached hydrogens (tertiary/aromatic N) is 2. The number of hydrogen-bond acceptors (Lipinski definition) is 5. The van der Waals surface area contributed by atoms with Gasteiger partial charge in [-0.3, -0.25) is 10.1 Å². The van der Waals surface area contributed by atoms with Crippen LogP contribution >= 0.6 is 24.0 Å². The zero-order valence-electron chi connectivity index (χ0n) is 15.6. The third-order valence-electron chi connectivity index (χ3n) is 3.78. The molecule has 0 aliphatic rings. The van der Waals surface area contributed by atoms with Crippen LogP contribution in [0.3, 0.4) is 0 Å². The van der Waals surface area contributed by atoms with Crippen LogP contribution in [0.1, 0.15) is 30.9 Å². The normalized spacial score (nSPS) is 13.4. The molecule has 1 aromatic heterocycles. The van der Waals surface area contributed by atoms with E-state index in [1.165, 1.54) is 12.1 Å². The van der Waals surface area contributed by atoms with Crippen molar-refractivity contribution in [1.29, 1.82) is 0 Å². The Morgan fingerprint density at radius 1 is 1.26 bits per heavy atom. The Kier molecular flexibility index (Phi) is 8.70. The van der Waals surface area contributed by atoms with Gasteiger partial charge in [0.2, 0.25) is 0 Å². The Hall–Kier alpha value is -2.14. The minimum atomic E-state index is -1.18. The van der Waals surface area contributed by atoms with Gasteiger partial charge in [0.05, 0.1) is 18.0 Å². The maximum Gasteiger partial charge on any atom is 0.269 e. The molecule has 0 spiro atoms. The van der Waals surface area contributed by atoms with Crippen LogP contribution in [0.25, 0.3) is 0 Å². The summed E-state index contributed by atoms with van der Waals surface area (Å²) in [7, 11) is 0. The summed E-state index contributed by atoms with van der Waals surface area (Å²) in [5.41, 5.74) is -0.286. The lowest BCUT2D eigenvalue weighted by Gasteiger charge is -2.22. The topological polar surface area (TPSA) is 113 Å². The van der Waals surface area contributed by atoms with Gasteiger partial charge in [-0.25, -0.2) is 4.99 Å². The maximum atomic E-state index is 10.7. The van der Waals surface area contributed by atoms with Gasteiger partial charge in [0.25, 0.3) is 5.69 Å². The van der Waals surface area contributed by atoms with Crippen molar-refractivity contribution < 1.29 is 14.4 Å². The van der Waals surface area contributed by atoms with Crippen LogP contribution in [0.4, 0.5) is 5.69 Å². The van der Waals surface area contributed by atoms with Crippen molar-refractivity contribution >= 4 is 35.6 Å². The number of hydrogen-bond donors (Lipinski definition) is 3. The van der Waals surface area contributed by atoms with Crippen molar-refractivity contribution in [3.8, 4) is 0 Å². The highest BCUT2D eigenvalue weighted by molar-refractivity contribution is 14.0. The monoisotopic (exact) mass is 488 g/mol. The lowest BCUT2D eigenvalue weighted by atomic mass is 10.0. The number of benzene rings is 1. The van der Waals surface area contributed by atoms with E-state index in [4.69, 9.17) is 4.42 Å². The van der Waals surface area contributed by atoms with Crippen LogP contribution in [0.2, 0.25) is 0 Å². The summed E-state index contributed by atoms with van der Waals surface area (Å²) in [4.78, 5) is 14.7. The molecule has 0 saturated heterocycles. The van der Waals surface area contributed by atoms with Crippen LogP contribution in [-0.2, 0) is 12.1 Å². The second-order valence-corrected chi connectivity index (χ2v) is 6.16. The third kappa shape index (κ3) is 6.83. The lowest BCUT2D eigenvalue weighted by Crippen LogP contribution is -2.44. The molecule has 2 aromatic rings. The molecule has 9 heteroatoms. The Bertz CT molecular complexity index is 772. The van der Waals surface area contributed by atoms with Gasteiger partial charge < -0.3 is 20.2 Å². The van der Waals surface area contributed by atoms with Crippen LogP contribution in [0.15, 0.2) is 45.8 Å². The zero-order chi connectivity index (χ0) is 19.2. The highest BCUT2D eigenvalue weighted by atomic mass is 127. The number of guanidine groups is 1. The summed E-state index contributed by atoms with van der Waals surface area (Å²) < 4.78 is 5.50. The van der Waals surface area contributed by atoms with Gasteiger partial charge in [0, 0.05) is 18.7 Å². The van der Waals surface area contributed by atoms with Gasteiger partial charge in [0.1, 0.15) is 17.1 Å². The van der Waals surface area contributed by atoms with Crippen LogP contribution in [-0.4, -0.2) is 29.1 Å². The molecule has 0 aliphatic heterocycles. The molecule has 0 bridgehead atoms. The fraction of sp³-hybridized carbons (Fsp3) is 0.389. The van der Waals surface area contributed by atoms with Crippen molar-refractivity contribution in [3.05, 3.63) is 63.6 Å². The zero-order valence-corrected chi connectivity index (χ0v) is 17.9. The first-order valence-electron chi connectivity index (χ1n) is 8.36. The second kappa shape index (κ2) is 10.3. The first kappa shape index (κ1) is 22.9. The number of rotatable bonds is 7. The SMILES string of the molecule is CCNC(=NCc1ccc([N+](=O)[O-])cc1)NCC(C)(O)c1ccc(C)o1.I. The Morgan fingerprint density at radius 2 is 1.93 bits per heavy atom. The standard InChI is InChI=1S/C18H24N4O4.HI/c1-4-19-17(20-11-14-6-8-15(9-7-14)22(24)25)21-12-18(3,23)16-10-5-13(2)26-16;/h5-10,23H,4,11-12H2,1-3H3,(H2,19,20,21);1H. The molecular formula is C18H25IN4O4. The first-order chi connectivity index (χ1) is 12.3. The van der Waals surface area contributed by atoms with Gasteiger partial charge in [-0.15, -0.1) is 24.0 Å². The molecule has 0 amide bonds. The number of aliphatic imine (C=N–C) groups is 1. The van der Waals surface area contributed by atoms with E-state index in [-0.39, 0.29) is 36.2 Å². The molecule has 1 aromatic carbocycles. The average Bonchev–Trinajstić information content (AvgIpc) is 3.05. The molecule has 8 nitrogen and oxygen atoms in total.